The van der Waals surface area contributed by atoms with Crippen LogP contribution < -0.4 is 11.3 Å². The van der Waals surface area contributed by atoms with E-state index >= 15 is 0 Å². The maximum absolute atomic E-state index is 5.66. The van der Waals surface area contributed by atoms with Gasteiger partial charge in [0.25, 0.3) is 0 Å². The van der Waals surface area contributed by atoms with Crippen LogP contribution in [0.1, 0.15) is 65.6 Å². The monoisotopic (exact) mass is 266 g/mol. The summed E-state index contributed by atoms with van der Waals surface area (Å²) in [6.45, 7) is 11.1. The van der Waals surface area contributed by atoms with Gasteiger partial charge in [-0.3, -0.25) is 16.0 Å². The molecule has 1 aromatic rings. The van der Waals surface area contributed by atoms with Gasteiger partial charge in [-0.05, 0) is 30.7 Å². The van der Waals surface area contributed by atoms with Crippen molar-refractivity contribution in [1.82, 2.24) is 15.2 Å². The van der Waals surface area contributed by atoms with Crippen LogP contribution in [0.2, 0.25) is 0 Å². The molecule has 4 heteroatoms. The van der Waals surface area contributed by atoms with Gasteiger partial charge in [-0.25, -0.2) is 0 Å². The molecule has 110 valence electrons. The largest absolute Gasteiger partial charge is 0.271 e. The maximum Gasteiger partial charge on any atom is 0.0640 e. The highest BCUT2D eigenvalue weighted by Crippen LogP contribution is 2.22. The van der Waals surface area contributed by atoms with Crippen LogP contribution in [0, 0.1) is 5.41 Å². The van der Waals surface area contributed by atoms with Crippen LogP contribution in [0.5, 0.6) is 0 Å². The Labute approximate surface area is 117 Å². The van der Waals surface area contributed by atoms with E-state index in [1.54, 1.807) is 0 Å². The molecule has 0 radical (unpaired) electrons. The number of nitrogens with two attached hydrogens (primary N) is 1. The molecule has 0 saturated carbocycles. The minimum atomic E-state index is 0.273. The molecule has 0 bridgehead atoms. The first-order valence-corrected chi connectivity index (χ1v) is 7.39. The molecular weight excluding hydrogens is 236 g/mol. The lowest BCUT2D eigenvalue weighted by atomic mass is 9.87. The number of nitrogens with one attached hydrogen (secondary N) is 1. The average Bonchev–Trinajstić information content (AvgIpc) is 2.76. The number of hydrazine groups is 1. The zero-order valence-electron chi connectivity index (χ0n) is 13.1. The van der Waals surface area contributed by atoms with Crippen molar-refractivity contribution >= 4 is 0 Å². The van der Waals surface area contributed by atoms with Crippen LogP contribution in [0.25, 0.3) is 0 Å². The lowest BCUT2D eigenvalue weighted by Crippen LogP contribution is -2.39. The Balaban J connectivity index is 2.66. The van der Waals surface area contributed by atoms with E-state index in [2.05, 4.69) is 57.0 Å². The van der Waals surface area contributed by atoms with E-state index in [1.165, 1.54) is 0 Å². The molecule has 0 spiro atoms. The van der Waals surface area contributed by atoms with E-state index in [9.17, 15) is 0 Å². The quantitative estimate of drug-likeness (QED) is 0.589. The van der Waals surface area contributed by atoms with Crippen molar-refractivity contribution in [1.29, 1.82) is 0 Å². The normalized spacial score (nSPS) is 14.1. The van der Waals surface area contributed by atoms with Crippen molar-refractivity contribution < 1.29 is 0 Å². The third-order valence-corrected chi connectivity index (χ3v) is 3.53. The molecule has 0 fully saturated rings. The van der Waals surface area contributed by atoms with Crippen molar-refractivity contribution in [3.8, 4) is 0 Å². The van der Waals surface area contributed by atoms with Gasteiger partial charge in [0, 0.05) is 18.7 Å². The summed E-state index contributed by atoms with van der Waals surface area (Å²) in [5.41, 5.74) is 4.32. The van der Waals surface area contributed by atoms with Gasteiger partial charge in [0.1, 0.15) is 0 Å². The topological polar surface area (TPSA) is 55.9 Å². The van der Waals surface area contributed by atoms with Crippen molar-refractivity contribution in [2.45, 2.75) is 72.4 Å². The molecule has 4 nitrogen and oxygen atoms in total. The Morgan fingerprint density at radius 2 is 1.95 bits per heavy atom. The van der Waals surface area contributed by atoms with E-state index in [-0.39, 0.29) is 11.5 Å². The predicted octanol–water partition coefficient (Wildman–Crippen LogP) is 3.05. The average molecular weight is 266 g/mol. The number of rotatable bonds is 7. The Hall–Kier alpha value is -0.870. The molecule has 0 aliphatic heterocycles. The highest BCUT2D eigenvalue weighted by Gasteiger charge is 2.19. The molecule has 1 heterocycles. The summed E-state index contributed by atoms with van der Waals surface area (Å²) in [5.74, 6) is 5.66. The zero-order chi connectivity index (χ0) is 14.5. The van der Waals surface area contributed by atoms with Crippen molar-refractivity contribution in [2.75, 3.05) is 0 Å². The molecule has 1 aromatic heterocycles. The van der Waals surface area contributed by atoms with Crippen LogP contribution in [0.3, 0.4) is 0 Å². The number of aromatic nitrogens is 2. The summed E-state index contributed by atoms with van der Waals surface area (Å²) in [6, 6.07) is 2.91. The molecule has 19 heavy (non-hydrogen) atoms. The first-order valence-electron chi connectivity index (χ1n) is 7.39. The standard InChI is InChI=1S/C15H30N4/c1-6-14(7-2)19-9-8-12(18-19)10-13(17-16)11-15(3,4)5/h8-9,13-14,17H,6-7,10-11,16H2,1-5H3. The van der Waals surface area contributed by atoms with Crippen LogP contribution in [-0.4, -0.2) is 15.8 Å². The summed E-state index contributed by atoms with van der Waals surface area (Å²) in [4.78, 5) is 0. The number of nitrogens with zero attached hydrogens (tertiary/aromatic N) is 2. The second-order valence-corrected chi connectivity index (χ2v) is 6.59. The van der Waals surface area contributed by atoms with Gasteiger partial charge in [0.15, 0.2) is 0 Å². The predicted molar refractivity (Wildman–Crippen MR) is 80.7 cm³/mol. The third kappa shape index (κ3) is 5.33. The highest BCUT2D eigenvalue weighted by atomic mass is 15.3. The van der Waals surface area contributed by atoms with E-state index in [0.29, 0.717) is 6.04 Å². The minimum Gasteiger partial charge on any atom is -0.271 e. The smallest absolute Gasteiger partial charge is 0.0640 e. The van der Waals surface area contributed by atoms with Crippen LogP contribution >= 0.6 is 0 Å². The van der Waals surface area contributed by atoms with E-state index in [4.69, 9.17) is 10.9 Å². The second-order valence-electron chi connectivity index (χ2n) is 6.59. The number of hydrogen-bond donors (Lipinski definition) is 2. The highest BCUT2D eigenvalue weighted by molar-refractivity contribution is 5.02. The van der Waals surface area contributed by atoms with Crippen LogP contribution in [0.15, 0.2) is 12.3 Å². The summed E-state index contributed by atoms with van der Waals surface area (Å²) in [5, 5.41) is 4.69. The van der Waals surface area contributed by atoms with Gasteiger partial charge >= 0.3 is 0 Å². The minimum absolute atomic E-state index is 0.273. The van der Waals surface area contributed by atoms with Crippen molar-refractivity contribution in [3.63, 3.8) is 0 Å². The summed E-state index contributed by atoms with van der Waals surface area (Å²) in [7, 11) is 0. The van der Waals surface area contributed by atoms with Gasteiger partial charge in [-0.2, -0.15) is 5.10 Å². The molecular formula is C15H30N4. The van der Waals surface area contributed by atoms with Crippen molar-refractivity contribution in [3.05, 3.63) is 18.0 Å². The Kier molecular flexibility index (Phi) is 6.01. The molecule has 0 saturated heterocycles. The lowest BCUT2D eigenvalue weighted by Gasteiger charge is -2.24. The summed E-state index contributed by atoms with van der Waals surface area (Å²) in [6.07, 6.45) is 6.27. The maximum atomic E-state index is 5.66. The second kappa shape index (κ2) is 7.06. The molecule has 0 aliphatic rings. The van der Waals surface area contributed by atoms with Gasteiger partial charge in [0.05, 0.1) is 11.7 Å². The van der Waals surface area contributed by atoms with E-state index in [1.807, 2.05) is 0 Å². The lowest BCUT2D eigenvalue weighted by molar-refractivity contribution is 0.306. The van der Waals surface area contributed by atoms with Crippen molar-refractivity contribution in [2.24, 2.45) is 11.3 Å². The van der Waals surface area contributed by atoms with Gasteiger partial charge in [0.2, 0.25) is 0 Å². The third-order valence-electron chi connectivity index (χ3n) is 3.53. The van der Waals surface area contributed by atoms with Crippen LogP contribution in [-0.2, 0) is 6.42 Å². The fourth-order valence-electron chi connectivity index (χ4n) is 2.53. The first kappa shape index (κ1) is 16.2. The molecule has 3 N–H and O–H groups in total. The molecule has 0 aliphatic carbocycles. The summed E-state index contributed by atoms with van der Waals surface area (Å²) >= 11 is 0. The van der Waals surface area contributed by atoms with E-state index < -0.39 is 0 Å². The van der Waals surface area contributed by atoms with Crippen LogP contribution in [0.4, 0.5) is 0 Å². The SMILES string of the molecule is CCC(CC)n1ccc(CC(CC(C)(C)C)NN)n1. The fraction of sp³-hybridized carbons (Fsp3) is 0.800. The molecule has 0 amide bonds. The van der Waals surface area contributed by atoms with E-state index in [0.717, 1.165) is 31.4 Å². The molecule has 1 unspecified atom stereocenters. The van der Waals surface area contributed by atoms with Gasteiger partial charge in [-0.15, -0.1) is 0 Å². The zero-order valence-corrected chi connectivity index (χ0v) is 13.1. The first-order chi connectivity index (χ1) is 8.89. The molecule has 1 atom stereocenters. The summed E-state index contributed by atoms with van der Waals surface area (Å²) < 4.78 is 2.10. The molecule has 1 rings (SSSR count). The van der Waals surface area contributed by atoms with Gasteiger partial charge < -0.3 is 0 Å². The Bertz CT molecular complexity index is 360. The molecule has 0 aromatic carbocycles. The number of hydrogen-bond acceptors (Lipinski definition) is 3. The fourth-order valence-corrected chi connectivity index (χ4v) is 2.53. The Morgan fingerprint density at radius 1 is 1.32 bits per heavy atom. The Morgan fingerprint density at radius 3 is 2.42 bits per heavy atom. The van der Waals surface area contributed by atoms with Gasteiger partial charge in [-0.1, -0.05) is 34.6 Å².